The van der Waals surface area contributed by atoms with E-state index in [1.165, 1.54) is 12.1 Å². The van der Waals surface area contributed by atoms with Gasteiger partial charge in [0.1, 0.15) is 23.2 Å². The van der Waals surface area contributed by atoms with E-state index in [-0.39, 0.29) is 5.82 Å². The number of nitrogens with two attached hydrogens (primary N) is 1. The average molecular weight is 274 g/mol. The Hall–Kier alpha value is -2.21. The lowest BCUT2D eigenvalue weighted by Crippen LogP contribution is -2.10. The Morgan fingerprint density at radius 1 is 1.30 bits per heavy atom. The van der Waals surface area contributed by atoms with Gasteiger partial charge in [-0.3, -0.25) is 0 Å². The maximum atomic E-state index is 13.1. The van der Waals surface area contributed by atoms with Crippen LogP contribution in [0.5, 0.6) is 11.6 Å². The van der Waals surface area contributed by atoms with Crippen LogP contribution in [0.3, 0.4) is 0 Å². The zero-order chi connectivity index (χ0) is 14.1. The van der Waals surface area contributed by atoms with E-state index in [4.69, 9.17) is 10.6 Å². The van der Waals surface area contributed by atoms with Gasteiger partial charge in [0, 0.05) is 12.0 Å². The average Bonchev–Trinajstić information content (AvgIpc) is 3.26. The number of anilines is 1. The standard InChI is InChI=1S/C14H15FN4O/c1-8-6-10(15)4-5-11(8)20-13-7-12(19-16)17-14(18-13)9-2-3-9/h4-7,9H,2-3,16H2,1H3,(H,17,18,19). The lowest BCUT2D eigenvalue weighted by Gasteiger charge is -2.10. The van der Waals surface area contributed by atoms with Crippen LogP contribution in [0, 0.1) is 12.7 Å². The highest BCUT2D eigenvalue weighted by molar-refractivity contribution is 5.41. The number of aromatic nitrogens is 2. The first-order valence-corrected chi connectivity index (χ1v) is 6.45. The molecule has 1 aliphatic carbocycles. The summed E-state index contributed by atoms with van der Waals surface area (Å²) in [6.45, 7) is 1.78. The molecule has 3 N–H and O–H groups in total. The van der Waals surface area contributed by atoms with Gasteiger partial charge in [0.25, 0.3) is 0 Å². The first-order valence-electron chi connectivity index (χ1n) is 6.45. The van der Waals surface area contributed by atoms with Crippen molar-refractivity contribution in [3.05, 3.63) is 41.5 Å². The van der Waals surface area contributed by atoms with E-state index in [1.807, 2.05) is 0 Å². The van der Waals surface area contributed by atoms with Crippen LogP contribution in [0.2, 0.25) is 0 Å². The Kier molecular flexibility index (Phi) is 3.23. The minimum Gasteiger partial charge on any atom is -0.439 e. The number of hydrogen-bond donors (Lipinski definition) is 2. The quantitative estimate of drug-likeness (QED) is 0.662. The van der Waals surface area contributed by atoms with E-state index in [9.17, 15) is 4.39 Å². The van der Waals surface area contributed by atoms with E-state index in [0.717, 1.165) is 18.7 Å². The van der Waals surface area contributed by atoms with Crippen molar-refractivity contribution in [3.63, 3.8) is 0 Å². The van der Waals surface area contributed by atoms with Gasteiger partial charge in [0.15, 0.2) is 0 Å². The molecule has 6 heteroatoms. The first kappa shape index (κ1) is 12.8. The third-order valence-corrected chi connectivity index (χ3v) is 3.16. The van der Waals surface area contributed by atoms with Crippen molar-refractivity contribution in [1.29, 1.82) is 0 Å². The summed E-state index contributed by atoms with van der Waals surface area (Å²) in [6.07, 6.45) is 2.17. The number of nitrogens with zero attached hydrogens (tertiary/aromatic N) is 2. The third kappa shape index (κ3) is 2.70. The van der Waals surface area contributed by atoms with E-state index >= 15 is 0 Å². The zero-order valence-electron chi connectivity index (χ0n) is 11.1. The number of hydrogen-bond acceptors (Lipinski definition) is 5. The van der Waals surface area contributed by atoms with Crippen LogP contribution in [-0.4, -0.2) is 9.97 Å². The van der Waals surface area contributed by atoms with Crippen LogP contribution in [-0.2, 0) is 0 Å². The molecule has 1 aromatic heterocycles. The Morgan fingerprint density at radius 3 is 2.75 bits per heavy atom. The number of nitrogen functional groups attached to an aromatic ring is 1. The molecule has 0 radical (unpaired) electrons. The van der Waals surface area contributed by atoms with Gasteiger partial charge in [-0.05, 0) is 43.5 Å². The lowest BCUT2D eigenvalue weighted by atomic mass is 10.2. The maximum Gasteiger partial charge on any atom is 0.224 e. The molecule has 0 amide bonds. The van der Waals surface area contributed by atoms with Gasteiger partial charge in [-0.1, -0.05) is 0 Å². The fourth-order valence-electron chi connectivity index (χ4n) is 1.93. The highest BCUT2D eigenvalue weighted by atomic mass is 19.1. The van der Waals surface area contributed by atoms with Crippen LogP contribution >= 0.6 is 0 Å². The monoisotopic (exact) mass is 274 g/mol. The molecule has 1 fully saturated rings. The molecule has 5 nitrogen and oxygen atoms in total. The predicted molar refractivity (Wildman–Crippen MR) is 73.0 cm³/mol. The van der Waals surface area contributed by atoms with Crippen LogP contribution in [0.1, 0.15) is 30.1 Å². The molecule has 0 unspecified atom stereocenters. The molecule has 0 spiro atoms. The molecular weight excluding hydrogens is 259 g/mol. The van der Waals surface area contributed by atoms with E-state index in [1.54, 1.807) is 19.1 Å². The molecular formula is C14H15FN4O. The molecule has 1 saturated carbocycles. The van der Waals surface area contributed by atoms with Crippen LogP contribution in [0.25, 0.3) is 0 Å². The van der Waals surface area contributed by atoms with Gasteiger partial charge in [0.05, 0.1) is 0 Å². The molecule has 1 heterocycles. The Balaban J connectivity index is 1.91. The summed E-state index contributed by atoms with van der Waals surface area (Å²) in [5, 5.41) is 0. The number of halogens is 1. The van der Waals surface area contributed by atoms with Gasteiger partial charge in [-0.25, -0.2) is 15.2 Å². The molecule has 0 aliphatic heterocycles. The SMILES string of the molecule is Cc1cc(F)ccc1Oc1cc(NN)nc(C2CC2)n1. The Bertz CT molecular complexity index is 643. The number of nitrogens with one attached hydrogen (secondary N) is 1. The number of rotatable bonds is 4. The van der Waals surface area contributed by atoms with E-state index in [0.29, 0.717) is 28.9 Å². The molecule has 1 aromatic carbocycles. The lowest BCUT2D eigenvalue weighted by molar-refractivity contribution is 0.454. The second kappa shape index (κ2) is 5.05. The molecule has 2 aromatic rings. The number of ether oxygens (including phenoxy) is 1. The summed E-state index contributed by atoms with van der Waals surface area (Å²) in [6, 6.07) is 5.97. The first-order chi connectivity index (χ1) is 9.65. The zero-order valence-corrected chi connectivity index (χ0v) is 11.1. The van der Waals surface area contributed by atoms with Crippen molar-refractivity contribution in [2.45, 2.75) is 25.7 Å². The fraction of sp³-hybridized carbons (Fsp3) is 0.286. The normalized spacial score (nSPS) is 14.2. The van der Waals surface area contributed by atoms with Crippen molar-refractivity contribution in [3.8, 4) is 11.6 Å². The topological polar surface area (TPSA) is 73.1 Å². The summed E-state index contributed by atoms with van der Waals surface area (Å²) in [5.74, 6) is 7.72. The Labute approximate surface area is 116 Å². The fourth-order valence-corrected chi connectivity index (χ4v) is 1.93. The van der Waals surface area contributed by atoms with Crippen LogP contribution < -0.4 is 16.0 Å². The molecule has 0 bridgehead atoms. The van der Waals surface area contributed by atoms with Gasteiger partial charge in [-0.2, -0.15) is 4.98 Å². The second-order valence-corrected chi connectivity index (χ2v) is 4.88. The van der Waals surface area contributed by atoms with Gasteiger partial charge >= 0.3 is 0 Å². The summed E-state index contributed by atoms with van der Waals surface area (Å²) in [5.41, 5.74) is 3.22. The predicted octanol–water partition coefficient (Wildman–Crippen LogP) is 2.88. The molecule has 104 valence electrons. The van der Waals surface area contributed by atoms with Crippen LogP contribution in [0.4, 0.5) is 10.2 Å². The number of benzene rings is 1. The minimum atomic E-state index is -0.291. The van der Waals surface area contributed by atoms with Crippen molar-refractivity contribution in [2.24, 2.45) is 5.84 Å². The van der Waals surface area contributed by atoms with E-state index in [2.05, 4.69) is 15.4 Å². The summed E-state index contributed by atoms with van der Waals surface area (Å²) < 4.78 is 18.8. The smallest absolute Gasteiger partial charge is 0.224 e. The molecule has 3 rings (SSSR count). The van der Waals surface area contributed by atoms with E-state index < -0.39 is 0 Å². The number of aryl methyl sites for hydroxylation is 1. The summed E-state index contributed by atoms with van der Waals surface area (Å²) >= 11 is 0. The highest BCUT2D eigenvalue weighted by Crippen LogP contribution is 2.39. The molecule has 1 aliphatic rings. The van der Waals surface area contributed by atoms with Gasteiger partial charge in [0.2, 0.25) is 5.88 Å². The highest BCUT2D eigenvalue weighted by Gasteiger charge is 2.27. The Morgan fingerprint density at radius 2 is 2.10 bits per heavy atom. The van der Waals surface area contributed by atoms with Crippen molar-refractivity contribution in [1.82, 2.24) is 9.97 Å². The van der Waals surface area contributed by atoms with Gasteiger partial charge in [-0.15, -0.1) is 0 Å². The maximum absolute atomic E-state index is 13.1. The summed E-state index contributed by atoms with van der Waals surface area (Å²) in [4.78, 5) is 8.68. The minimum absolute atomic E-state index is 0.291. The van der Waals surface area contributed by atoms with Gasteiger partial charge < -0.3 is 10.2 Å². The molecule has 0 atom stereocenters. The molecule has 0 saturated heterocycles. The largest absolute Gasteiger partial charge is 0.439 e. The number of hydrazine groups is 1. The van der Waals surface area contributed by atoms with Crippen LogP contribution in [0.15, 0.2) is 24.3 Å². The third-order valence-electron chi connectivity index (χ3n) is 3.16. The summed E-state index contributed by atoms with van der Waals surface area (Å²) in [7, 11) is 0. The second-order valence-electron chi connectivity index (χ2n) is 4.88. The van der Waals surface area contributed by atoms with Crippen molar-refractivity contribution < 1.29 is 9.13 Å². The van der Waals surface area contributed by atoms with Crippen molar-refractivity contribution >= 4 is 5.82 Å². The molecule has 20 heavy (non-hydrogen) atoms. The van der Waals surface area contributed by atoms with Crippen molar-refractivity contribution in [2.75, 3.05) is 5.43 Å².